The number of carbonyl (C=O) groups excluding carboxylic acids is 2. The van der Waals surface area contributed by atoms with Crippen LogP contribution in [0.25, 0.3) is 6.08 Å². The summed E-state index contributed by atoms with van der Waals surface area (Å²) < 4.78 is 0. The molecular formula is C14H15N3O4. The minimum atomic E-state index is -1.11. The van der Waals surface area contributed by atoms with Gasteiger partial charge in [0.1, 0.15) is 11.7 Å². The number of nitrogens with zero attached hydrogens (tertiary/aromatic N) is 2. The summed E-state index contributed by atoms with van der Waals surface area (Å²) >= 11 is 0. The van der Waals surface area contributed by atoms with Crippen LogP contribution < -0.4 is 5.32 Å². The Bertz CT molecular complexity index is 612. The average Bonchev–Trinajstić information content (AvgIpc) is 2.77. The summed E-state index contributed by atoms with van der Waals surface area (Å²) in [7, 11) is 1.68. The van der Waals surface area contributed by atoms with Gasteiger partial charge < -0.3 is 15.3 Å². The van der Waals surface area contributed by atoms with Crippen molar-refractivity contribution in [1.29, 1.82) is 0 Å². The molecule has 2 amide bonds. The zero-order valence-corrected chi connectivity index (χ0v) is 11.4. The van der Waals surface area contributed by atoms with Crippen LogP contribution in [-0.4, -0.2) is 52.4 Å². The standard InChI is InChI=1S/C14H15N3O4/c1-17-8-6-10(14(17)21)16-13(20)12-9(3-2-7-15-12)4-5-11(18)19/h2-5,7,10H,6,8H2,1H3,(H,16,20)(H,18,19)/b5-4+. The molecule has 7 nitrogen and oxygen atoms in total. The van der Waals surface area contributed by atoms with Gasteiger partial charge in [0.05, 0.1) is 0 Å². The summed E-state index contributed by atoms with van der Waals surface area (Å²) in [5.74, 6) is -1.74. The van der Waals surface area contributed by atoms with Gasteiger partial charge in [0.2, 0.25) is 5.91 Å². The number of hydrogen-bond donors (Lipinski definition) is 2. The quantitative estimate of drug-likeness (QED) is 0.768. The Labute approximate surface area is 121 Å². The van der Waals surface area contributed by atoms with Crippen molar-refractivity contribution < 1.29 is 19.5 Å². The third-order valence-corrected chi connectivity index (χ3v) is 3.19. The molecule has 1 unspecified atom stereocenters. The molecule has 0 saturated carbocycles. The van der Waals surface area contributed by atoms with Crippen molar-refractivity contribution in [2.45, 2.75) is 12.5 Å². The molecule has 7 heteroatoms. The molecule has 1 aromatic rings. The van der Waals surface area contributed by atoms with Crippen molar-refractivity contribution in [3.05, 3.63) is 35.7 Å². The number of aliphatic carboxylic acids is 1. The second-order valence-electron chi connectivity index (χ2n) is 4.69. The van der Waals surface area contributed by atoms with Crippen LogP contribution in [0.5, 0.6) is 0 Å². The first-order valence-corrected chi connectivity index (χ1v) is 6.41. The van der Waals surface area contributed by atoms with Crippen molar-refractivity contribution in [2.24, 2.45) is 0 Å². The molecule has 110 valence electrons. The normalized spacial score (nSPS) is 18.2. The highest BCUT2D eigenvalue weighted by atomic mass is 16.4. The summed E-state index contributed by atoms with van der Waals surface area (Å²) in [5.41, 5.74) is 0.480. The van der Waals surface area contributed by atoms with Gasteiger partial charge in [0, 0.05) is 31.4 Å². The molecule has 0 radical (unpaired) electrons. The smallest absolute Gasteiger partial charge is 0.328 e. The second-order valence-corrected chi connectivity index (χ2v) is 4.69. The summed E-state index contributed by atoms with van der Waals surface area (Å²) in [6.45, 7) is 0.595. The number of carboxylic acid groups (broad SMARTS) is 1. The Morgan fingerprint density at radius 3 is 2.90 bits per heavy atom. The van der Waals surface area contributed by atoms with Crippen LogP contribution in [0.15, 0.2) is 24.4 Å². The Morgan fingerprint density at radius 2 is 2.29 bits per heavy atom. The van der Waals surface area contributed by atoms with E-state index in [0.29, 0.717) is 18.5 Å². The first-order valence-electron chi connectivity index (χ1n) is 6.41. The number of likely N-dealkylation sites (N-methyl/N-ethyl adjacent to an activating group) is 1. The number of amides is 2. The second kappa shape index (κ2) is 6.17. The highest BCUT2D eigenvalue weighted by Gasteiger charge is 2.30. The summed E-state index contributed by atoms with van der Waals surface area (Å²) in [6, 6.07) is 2.64. The van der Waals surface area contributed by atoms with Gasteiger partial charge in [0.15, 0.2) is 0 Å². The van der Waals surface area contributed by atoms with E-state index >= 15 is 0 Å². The molecular weight excluding hydrogens is 274 g/mol. The molecule has 1 aliphatic rings. The Balaban J connectivity index is 2.16. The van der Waals surface area contributed by atoms with Gasteiger partial charge in [-0.3, -0.25) is 14.6 Å². The molecule has 21 heavy (non-hydrogen) atoms. The third-order valence-electron chi connectivity index (χ3n) is 3.19. The lowest BCUT2D eigenvalue weighted by Gasteiger charge is -2.12. The SMILES string of the molecule is CN1CCC(NC(=O)c2ncccc2/C=C/C(=O)O)C1=O. The fourth-order valence-corrected chi connectivity index (χ4v) is 2.09. The fraction of sp³-hybridized carbons (Fsp3) is 0.286. The van der Waals surface area contributed by atoms with E-state index < -0.39 is 17.9 Å². The van der Waals surface area contributed by atoms with Crippen molar-refractivity contribution in [3.8, 4) is 0 Å². The van der Waals surface area contributed by atoms with E-state index in [1.165, 1.54) is 12.3 Å². The van der Waals surface area contributed by atoms with Gasteiger partial charge in [-0.05, 0) is 18.6 Å². The molecule has 2 heterocycles. The predicted molar refractivity (Wildman–Crippen MR) is 74.4 cm³/mol. The molecule has 0 aromatic carbocycles. The van der Waals surface area contributed by atoms with E-state index in [9.17, 15) is 14.4 Å². The third kappa shape index (κ3) is 3.44. The van der Waals surface area contributed by atoms with Gasteiger partial charge in [-0.15, -0.1) is 0 Å². The first-order chi connectivity index (χ1) is 9.99. The Morgan fingerprint density at radius 1 is 1.52 bits per heavy atom. The van der Waals surface area contributed by atoms with E-state index in [4.69, 9.17) is 5.11 Å². The number of aromatic nitrogens is 1. The summed E-state index contributed by atoms with van der Waals surface area (Å²) in [5, 5.41) is 11.3. The summed E-state index contributed by atoms with van der Waals surface area (Å²) in [4.78, 5) is 40.0. The molecule has 0 aliphatic carbocycles. The number of nitrogens with one attached hydrogen (secondary N) is 1. The Hall–Kier alpha value is -2.70. The van der Waals surface area contributed by atoms with E-state index in [-0.39, 0.29) is 11.6 Å². The number of hydrogen-bond acceptors (Lipinski definition) is 4. The highest BCUT2D eigenvalue weighted by molar-refractivity contribution is 5.99. The van der Waals surface area contributed by atoms with Gasteiger partial charge in [0.25, 0.3) is 5.91 Å². The number of carbonyl (C=O) groups is 3. The Kier molecular flexibility index (Phi) is 4.32. The monoisotopic (exact) mass is 289 g/mol. The van der Waals surface area contributed by atoms with Crippen LogP contribution in [0.2, 0.25) is 0 Å². The maximum Gasteiger partial charge on any atom is 0.328 e. The largest absolute Gasteiger partial charge is 0.478 e. The van der Waals surface area contributed by atoms with E-state index in [0.717, 1.165) is 6.08 Å². The molecule has 1 atom stereocenters. The average molecular weight is 289 g/mol. The van der Waals surface area contributed by atoms with Crippen LogP contribution >= 0.6 is 0 Å². The molecule has 1 aliphatic heterocycles. The van der Waals surface area contributed by atoms with Crippen molar-refractivity contribution >= 4 is 23.9 Å². The van der Waals surface area contributed by atoms with Crippen LogP contribution in [0, 0.1) is 0 Å². The molecule has 1 fully saturated rings. The lowest BCUT2D eigenvalue weighted by atomic mass is 10.1. The van der Waals surface area contributed by atoms with E-state index in [1.807, 2.05) is 0 Å². The highest BCUT2D eigenvalue weighted by Crippen LogP contribution is 2.12. The number of pyridine rings is 1. The number of carboxylic acids is 1. The van der Waals surface area contributed by atoms with Crippen LogP contribution in [0.3, 0.4) is 0 Å². The van der Waals surface area contributed by atoms with Crippen LogP contribution in [-0.2, 0) is 9.59 Å². The van der Waals surface area contributed by atoms with Gasteiger partial charge in [-0.2, -0.15) is 0 Å². The topological polar surface area (TPSA) is 99.6 Å². The molecule has 1 saturated heterocycles. The van der Waals surface area contributed by atoms with Gasteiger partial charge in [-0.25, -0.2) is 4.79 Å². The minimum absolute atomic E-state index is 0.0948. The van der Waals surface area contributed by atoms with Crippen molar-refractivity contribution in [2.75, 3.05) is 13.6 Å². The van der Waals surface area contributed by atoms with Crippen molar-refractivity contribution in [1.82, 2.24) is 15.2 Å². The summed E-state index contributed by atoms with van der Waals surface area (Å²) in [6.07, 6.45) is 4.22. The maximum atomic E-state index is 12.2. The van der Waals surface area contributed by atoms with E-state index in [1.54, 1.807) is 24.1 Å². The molecule has 1 aromatic heterocycles. The van der Waals surface area contributed by atoms with E-state index in [2.05, 4.69) is 10.3 Å². The first kappa shape index (κ1) is 14.7. The molecule has 0 spiro atoms. The molecule has 2 N–H and O–H groups in total. The lowest BCUT2D eigenvalue weighted by Crippen LogP contribution is -2.41. The predicted octanol–water partition coefficient (Wildman–Crippen LogP) is 0.140. The molecule has 2 rings (SSSR count). The minimum Gasteiger partial charge on any atom is -0.478 e. The zero-order chi connectivity index (χ0) is 15.4. The number of likely N-dealkylation sites (tertiary alicyclic amines) is 1. The molecule has 0 bridgehead atoms. The van der Waals surface area contributed by atoms with Crippen LogP contribution in [0.1, 0.15) is 22.5 Å². The van der Waals surface area contributed by atoms with Gasteiger partial charge >= 0.3 is 5.97 Å². The van der Waals surface area contributed by atoms with Crippen molar-refractivity contribution in [3.63, 3.8) is 0 Å². The zero-order valence-electron chi connectivity index (χ0n) is 11.4. The lowest BCUT2D eigenvalue weighted by molar-refractivity contribution is -0.131. The van der Waals surface area contributed by atoms with Gasteiger partial charge in [-0.1, -0.05) is 6.07 Å². The number of rotatable bonds is 4. The maximum absolute atomic E-state index is 12.2. The fourth-order valence-electron chi connectivity index (χ4n) is 2.09. The van der Waals surface area contributed by atoms with Crippen LogP contribution in [0.4, 0.5) is 0 Å².